The van der Waals surface area contributed by atoms with Crippen LogP contribution in [0.25, 0.3) is 0 Å². The fourth-order valence-electron chi connectivity index (χ4n) is 3.47. The second kappa shape index (κ2) is 11.7. The Hall–Kier alpha value is -1.23. The number of benzene rings is 1. The van der Waals surface area contributed by atoms with Gasteiger partial charge in [-0.3, -0.25) is 9.59 Å². The Morgan fingerprint density at radius 1 is 1.21 bits per heavy atom. The smallest absolute Gasteiger partial charge is 0.414 e. The first kappa shape index (κ1) is 23.1. The Labute approximate surface area is 171 Å². The molecule has 0 radical (unpaired) electrons. The molecule has 1 aromatic carbocycles. The molecule has 4 unspecified atom stereocenters. The van der Waals surface area contributed by atoms with Gasteiger partial charge in [0, 0.05) is 32.4 Å². The first-order valence-electron chi connectivity index (χ1n) is 10.1. The lowest BCUT2D eigenvalue weighted by Crippen LogP contribution is -2.45. The number of amides is 1. The van der Waals surface area contributed by atoms with E-state index in [2.05, 4.69) is 14.6 Å². The second-order valence-electron chi connectivity index (χ2n) is 7.84. The van der Waals surface area contributed by atoms with Crippen molar-refractivity contribution in [2.75, 3.05) is 20.4 Å². The van der Waals surface area contributed by atoms with E-state index in [1.807, 2.05) is 37.3 Å². The molecule has 0 heterocycles. The normalized spacial score (nSPS) is 16.9. The Kier molecular flexibility index (Phi) is 9.63. The van der Waals surface area contributed by atoms with Crippen molar-refractivity contribution in [1.82, 2.24) is 5.32 Å². The Morgan fingerprint density at radius 3 is 2.39 bits per heavy atom. The van der Waals surface area contributed by atoms with Crippen molar-refractivity contribution in [1.29, 1.82) is 0 Å². The quantitative estimate of drug-likeness (QED) is 0.405. The van der Waals surface area contributed by atoms with Gasteiger partial charge in [-0.15, -0.1) is 9.24 Å². The number of hydrogen-bond acceptors (Lipinski definition) is 4. The molecule has 0 saturated heterocycles. The molecule has 1 saturated carbocycles. The van der Waals surface area contributed by atoms with Gasteiger partial charge in [0.15, 0.2) is 5.78 Å². The van der Waals surface area contributed by atoms with E-state index in [9.17, 15) is 9.59 Å². The van der Waals surface area contributed by atoms with E-state index in [4.69, 9.17) is 9.31 Å². The van der Waals surface area contributed by atoms with Crippen molar-refractivity contribution in [3.63, 3.8) is 0 Å². The summed E-state index contributed by atoms with van der Waals surface area (Å²) < 4.78 is 10.9. The first-order chi connectivity index (χ1) is 13.5. The summed E-state index contributed by atoms with van der Waals surface area (Å²) >= 11 is 0. The maximum absolute atomic E-state index is 13.2. The molecular weight excluding hydrogens is 372 g/mol. The first-order valence-corrected chi connectivity index (χ1v) is 10.9. The molecule has 154 valence electrons. The van der Waals surface area contributed by atoms with Gasteiger partial charge in [-0.05, 0) is 30.5 Å². The van der Waals surface area contributed by atoms with Crippen molar-refractivity contribution >= 4 is 28.0 Å². The average Bonchev–Trinajstić information content (AvgIpc) is 3.52. The highest BCUT2D eigenvalue weighted by atomic mass is 31.0. The largest absolute Gasteiger partial charge is 0.460 e. The summed E-state index contributed by atoms with van der Waals surface area (Å²) in [5.41, 5.74) is 1.04. The van der Waals surface area contributed by atoms with Crippen LogP contribution < -0.4 is 5.32 Å². The van der Waals surface area contributed by atoms with E-state index >= 15 is 0 Å². The van der Waals surface area contributed by atoms with Gasteiger partial charge in [0.2, 0.25) is 5.91 Å². The number of rotatable bonds is 13. The molecule has 0 aromatic heterocycles. The summed E-state index contributed by atoms with van der Waals surface area (Å²) in [5, 5.41) is 2.98. The number of carbonyl (C=O) groups is 2. The molecule has 1 aliphatic carbocycles. The van der Waals surface area contributed by atoms with Crippen LogP contribution in [0.1, 0.15) is 38.2 Å². The average molecular weight is 405 g/mol. The van der Waals surface area contributed by atoms with Crippen LogP contribution in [0.3, 0.4) is 0 Å². The van der Waals surface area contributed by atoms with Crippen molar-refractivity contribution in [3.8, 4) is 0 Å². The molecule has 1 fully saturated rings. The minimum absolute atomic E-state index is 0.00401. The molecule has 2 rings (SSSR count). The van der Waals surface area contributed by atoms with Gasteiger partial charge in [0.05, 0.1) is 6.04 Å². The van der Waals surface area contributed by atoms with Crippen molar-refractivity contribution < 1.29 is 18.9 Å². The Morgan fingerprint density at radius 2 is 1.86 bits per heavy atom. The van der Waals surface area contributed by atoms with Crippen LogP contribution >= 0.6 is 9.24 Å². The summed E-state index contributed by atoms with van der Waals surface area (Å²) in [7, 11) is 5.41. The second-order valence-corrected chi connectivity index (χ2v) is 8.31. The minimum Gasteiger partial charge on any atom is -0.414 e. The van der Waals surface area contributed by atoms with E-state index < -0.39 is 13.2 Å². The number of Topliss-reactive ketones (excluding diaryl/α,β-unsaturated/α-hetero) is 1. The predicted octanol–water partition coefficient (Wildman–Crippen LogP) is 3.14. The molecule has 0 bridgehead atoms. The minimum atomic E-state index is -0.537. The van der Waals surface area contributed by atoms with E-state index in [-0.39, 0.29) is 23.4 Å². The topological polar surface area (TPSA) is 64.6 Å². The zero-order valence-electron chi connectivity index (χ0n) is 17.2. The van der Waals surface area contributed by atoms with E-state index in [1.165, 1.54) is 12.8 Å². The highest BCUT2D eigenvalue weighted by Crippen LogP contribution is 2.40. The van der Waals surface area contributed by atoms with Gasteiger partial charge in [0.1, 0.15) is 0 Å². The fraction of sp³-hybridized carbons (Fsp3) is 0.619. The maximum atomic E-state index is 13.2. The standard InChI is InChI=1S/C21H33BNO4P/c1-15(14-28)21(25)23-19(12-16-7-5-4-6-8-16)20(24)13-18(11-17-9-10-17)22(26-2)27-3/h4-8,15,17-19H,9-14,28H2,1-3H3,(H,23,25). The lowest BCUT2D eigenvalue weighted by Gasteiger charge is -2.24. The van der Waals surface area contributed by atoms with Crippen LogP contribution in [0.2, 0.25) is 5.82 Å². The molecule has 1 amide bonds. The van der Waals surface area contributed by atoms with Crippen molar-refractivity contribution in [3.05, 3.63) is 35.9 Å². The molecule has 1 aliphatic rings. The van der Waals surface area contributed by atoms with E-state index in [0.29, 0.717) is 24.9 Å². The number of hydrogen-bond donors (Lipinski definition) is 1. The van der Waals surface area contributed by atoms with Crippen LogP contribution in [-0.2, 0) is 25.3 Å². The molecule has 5 nitrogen and oxygen atoms in total. The molecule has 1 N–H and O–H groups in total. The van der Waals surface area contributed by atoms with Gasteiger partial charge in [-0.2, -0.15) is 0 Å². The van der Waals surface area contributed by atoms with E-state index in [1.54, 1.807) is 14.2 Å². The third-order valence-electron chi connectivity index (χ3n) is 5.43. The maximum Gasteiger partial charge on any atom is 0.460 e. The van der Waals surface area contributed by atoms with Gasteiger partial charge in [0.25, 0.3) is 0 Å². The monoisotopic (exact) mass is 405 g/mol. The molecule has 28 heavy (non-hydrogen) atoms. The fourth-order valence-corrected chi connectivity index (χ4v) is 3.68. The third kappa shape index (κ3) is 7.31. The highest BCUT2D eigenvalue weighted by Gasteiger charge is 2.37. The predicted molar refractivity (Wildman–Crippen MR) is 116 cm³/mol. The molecular formula is C21H33BNO4P. The summed E-state index contributed by atoms with van der Waals surface area (Å²) in [6.45, 7) is 1.87. The number of ketones is 1. The molecule has 1 aromatic rings. The molecule has 0 aliphatic heterocycles. The highest BCUT2D eigenvalue weighted by molar-refractivity contribution is 7.16. The van der Waals surface area contributed by atoms with Crippen molar-refractivity contribution in [2.45, 2.75) is 50.9 Å². The lowest BCUT2D eigenvalue weighted by atomic mass is 9.66. The number of nitrogens with one attached hydrogen (secondary N) is 1. The van der Waals surface area contributed by atoms with E-state index in [0.717, 1.165) is 12.0 Å². The zero-order valence-corrected chi connectivity index (χ0v) is 18.4. The summed E-state index contributed by atoms with van der Waals surface area (Å²) in [6, 6.07) is 9.28. The van der Waals surface area contributed by atoms with Crippen LogP contribution in [0.5, 0.6) is 0 Å². The van der Waals surface area contributed by atoms with Gasteiger partial charge in [-0.25, -0.2) is 0 Å². The van der Waals surface area contributed by atoms with Crippen molar-refractivity contribution in [2.24, 2.45) is 11.8 Å². The van der Waals surface area contributed by atoms with Crippen LogP contribution in [0.4, 0.5) is 0 Å². The summed E-state index contributed by atoms with van der Waals surface area (Å²) in [5.74, 6) is 0.467. The van der Waals surface area contributed by atoms with Gasteiger partial charge in [-0.1, -0.05) is 50.1 Å². The lowest BCUT2D eigenvalue weighted by molar-refractivity contribution is -0.129. The zero-order chi connectivity index (χ0) is 20.5. The van der Waals surface area contributed by atoms with Gasteiger partial charge >= 0.3 is 7.12 Å². The Bertz CT molecular complexity index is 622. The van der Waals surface area contributed by atoms with Crippen LogP contribution in [-0.4, -0.2) is 45.2 Å². The molecule has 0 spiro atoms. The number of carbonyl (C=O) groups excluding carboxylic acids is 2. The van der Waals surface area contributed by atoms with Crippen LogP contribution in [0.15, 0.2) is 30.3 Å². The summed E-state index contributed by atoms with van der Waals surface area (Å²) in [4.78, 5) is 25.7. The molecule has 4 atom stereocenters. The molecule has 7 heteroatoms. The Balaban J connectivity index is 2.11. The third-order valence-corrected chi connectivity index (χ3v) is 6.14. The summed E-state index contributed by atoms with van der Waals surface area (Å²) in [6.07, 6.45) is 4.84. The van der Waals surface area contributed by atoms with Crippen LogP contribution in [0, 0.1) is 11.8 Å². The van der Waals surface area contributed by atoms with Gasteiger partial charge < -0.3 is 14.6 Å². The SMILES string of the molecule is COB(OC)C(CC(=O)C(Cc1ccccc1)NC(=O)C(C)CP)CC1CC1.